The maximum Gasteiger partial charge on any atom is 0.394 e. The van der Waals surface area contributed by atoms with Gasteiger partial charge in [0.25, 0.3) is 0 Å². The highest BCUT2D eigenvalue weighted by Gasteiger charge is 1.84. The van der Waals surface area contributed by atoms with E-state index in [9.17, 15) is 0 Å². The lowest BCUT2D eigenvalue weighted by molar-refractivity contribution is 0.178. The van der Waals surface area contributed by atoms with Gasteiger partial charge >= 0.3 is 10.4 Å². The molecule has 0 aromatic carbocycles. The summed E-state index contributed by atoms with van der Waals surface area (Å²) in [7, 11) is -4.67. The lowest BCUT2D eigenvalue weighted by Gasteiger charge is -1.88. The van der Waals surface area contributed by atoms with Crippen molar-refractivity contribution < 1.29 is 22.3 Å². The maximum atomic E-state index is 8.74. The van der Waals surface area contributed by atoms with E-state index in [4.69, 9.17) is 22.3 Å². The highest BCUT2D eigenvalue weighted by atomic mass is 32.3. The second-order valence-electron chi connectivity index (χ2n) is 1.40. The van der Waals surface area contributed by atoms with Gasteiger partial charge in [0, 0.05) is 6.61 Å². The highest BCUT2D eigenvalue weighted by Crippen LogP contribution is 1.69. The zero-order chi connectivity index (χ0) is 9.33. The number of hydrogen-bond donors (Lipinski definition) is 2. The molecule has 11 heavy (non-hydrogen) atoms. The van der Waals surface area contributed by atoms with Crippen LogP contribution in [0.3, 0.4) is 0 Å². The number of hydrogen-bond acceptors (Lipinski definition) is 3. The Labute approximate surface area is 66.3 Å². The van der Waals surface area contributed by atoms with E-state index < -0.39 is 10.4 Å². The van der Waals surface area contributed by atoms with Crippen molar-refractivity contribution in [3.8, 4) is 0 Å². The van der Waals surface area contributed by atoms with Crippen molar-refractivity contribution in [2.75, 3.05) is 13.2 Å². The van der Waals surface area contributed by atoms with Crippen molar-refractivity contribution in [2.45, 2.75) is 6.92 Å². The second kappa shape index (κ2) is 7.67. The molecule has 0 saturated heterocycles. The predicted octanol–water partition coefficient (Wildman–Crippen LogP) is 0.556. The molecule has 5 nitrogen and oxygen atoms in total. The smallest absolute Gasteiger partial charge is 0.378 e. The van der Waals surface area contributed by atoms with Crippen molar-refractivity contribution in [3.05, 3.63) is 12.7 Å². The normalized spacial score (nSPS) is 9.73. The quantitative estimate of drug-likeness (QED) is 0.380. The van der Waals surface area contributed by atoms with Gasteiger partial charge in [-0.05, 0) is 6.92 Å². The van der Waals surface area contributed by atoms with Crippen LogP contribution in [0.15, 0.2) is 12.7 Å². The fourth-order valence-corrected chi connectivity index (χ4v) is 0.201. The zero-order valence-corrected chi connectivity index (χ0v) is 7.04. The topological polar surface area (TPSA) is 83.8 Å². The molecular formula is C5H12O5S. The van der Waals surface area contributed by atoms with Crippen molar-refractivity contribution in [2.24, 2.45) is 0 Å². The molecule has 0 amide bonds. The standard InChI is InChI=1S/C5H10O.H2O4S/c1-3-5-6-4-2;1-5(2,3)4/h3H,1,4-5H2,2H3;(H2,1,2,3,4). The van der Waals surface area contributed by atoms with E-state index in [1.807, 2.05) is 6.92 Å². The SMILES string of the molecule is C=CCOCC.O=S(=O)(O)O. The summed E-state index contributed by atoms with van der Waals surface area (Å²) in [5.41, 5.74) is 0. The van der Waals surface area contributed by atoms with Crippen LogP contribution in [0.25, 0.3) is 0 Å². The first-order valence-corrected chi connectivity index (χ1v) is 4.20. The molecule has 0 unspecified atom stereocenters. The minimum absolute atomic E-state index is 0.677. The van der Waals surface area contributed by atoms with Gasteiger partial charge in [-0.1, -0.05) is 6.08 Å². The van der Waals surface area contributed by atoms with Gasteiger partial charge in [0.05, 0.1) is 6.61 Å². The summed E-state index contributed by atoms with van der Waals surface area (Å²) >= 11 is 0. The zero-order valence-electron chi connectivity index (χ0n) is 6.23. The van der Waals surface area contributed by atoms with Gasteiger partial charge in [0.15, 0.2) is 0 Å². The molecule has 0 fully saturated rings. The van der Waals surface area contributed by atoms with Crippen LogP contribution in [0, 0.1) is 0 Å². The Morgan fingerprint density at radius 1 is 1.55 bits per heavy atom. The Hall–Kier alpha value is -0.430. The first-order valence-electron chi connectivity index (χ1n) is 2.80. The number of rotatable bonds is 3. The van der Waals surface area contributed by atoms with E-state index in [0.29, 0.717) is 6.61 Å². The van der Waals surface area contributed by atoms with Gasteiger partial charge in [-0.3, -0.25) is 9.11 Å². The minimum atomic E-state index is -4.67. The van der Waals surface area contributed by atoms with Crippen LogP contribution in [0.4, 0.5) is 0 Å². The van der Waals surface area contributed by atoms with Crippen molar-refractivity contribution >= 4 is 10.4 Å². The average molecular weight is 184 g/mol. The molecule has 0 radical (unpaired) electrons. The summed E-state index contributed by atoms with van der Waals surface area (Å²) in [6.45, 7) is 6.90. The summed E-state index contributed by atoms with van der Waals surface area (Å²) in [6, 6.07) is 0. The van der Waals surface area contributed by atoms with E-state index in [1.54, 1.807) is 6.08 Å². The molecule has 68 valence electrons. The molecular weight excluding hydrogens is 172 g/mol. The maximum absolute atomic E-state index is 8.74. The molecule has 0 rings (SSSR count). The second-order valence-corrected chi connectivity index (χ2v) is 2.29. The highest BCUT2D eigenvalue weighted by molar-refractivity contribution is 7.79. The third-order valence-corrected chi connectivity index (χ3v) is 0.440. The molecule has 0 aliphatic heterocycles. The first kappa shape index (κ1) is 13.2. The molecule has 0 saturated carbocycles. The molecule has 0 spiro atoms. The van der Waals surface area contributed by atoms with Gasteiger partial charge < -0.3 is 4.74 Å². The Kier molecular flexibility index (Phi) is 9.20. The van der Waals surface area contributed by atoms with Crippen LogP contribution in [0.2, 0.25) is 0 Å². The van der Waals surface area contributed by atoms with Crippen LogP contribution in [-0.2, 0) is 15.1 Å². The van der Waals surface area contributed by atoms with Gasteiger partial charge in [0.2, 0.25) is 0 Å². The molecule has 0 atom stereocenters. The summed E-state index contributed by atoms with van der Waals surface area (Å²) in [6.07, 6.45) is 1.74. The third-order valence-electron chi connectivity index (χ3n) is 0.440. The lowest BCUT2D eigenvalue weighted by Crippen LogP contribution is -1.89. The van der Waals surface area contributed by atoms with Gasteiger partial charge in [-0.25, -0.2) is 0 Å². The predicted molar refractivity (Wildman–Crippen MR) is 40.9 cm³/mol. The fraction of sp³-hybridized carbons (Fsp3) is 0.600. The Balaban J connectivity index is 0. The molecule has 0 heterocycles. The van der Waals surface area contributed by atoms with Crippen LogP contribution in [-0.4, -0.2) is 30.7 Å². The summed E-state index contributed by atoms with van der Waals surface area (Å²) in [5, 5.41) is 0. The third kappa shape index (κ3) is 83.0. The van der Waals surface area contributed by atoms with Gasteiger partial charge in [0.1, 0.15) is 0 Å². The average Bonchev–Trinajstić information content (AvgIpc) is 1.79. The van der Waals surface area contributed by atoms with Crippen LogP contribution in [0.5, 0.6) is 0 Å². The summed E-state index contributed by atoms with van der Waals surface area (Å²) < 4.78 is 36.4. The summed E-state index contributed by atoms with van der Waals surface area (Å²) in [4.78, 5) is 0. The minimum Gasteiger partial charge on any atom is -0.378 e. The fourth-order valence-electron chi connectivity index (χ4n) is 0.201. The Morgan fingerprint density at radius 3 is 2.00 bits per heavy atom. The molecule has 0 aliphatic rings. The molecule has 6 heteroatoms. The summed E-state index contributed by atoms with van der Waals surface area (Å²) in [5.74, 6) is 0. The molecule has 0 aromatic rings. The van der Waals surface area contributed by atoms with E-state index in [0.717, 1.165) is 6.61 Å². The van der Waals surface area contributed by atoms with Crippen LogP contribution < -0.4 is 0 Å². The first-order chi connectivity index (χ1) is 4.91. The lowest BCUT2D eigenvalue weighted by atomic mass is 10.7. The van der Waals surface area contributed by atoms with Crippen molar-refractivity contribution in [1.29, 1.82) is 0 Å². The monoisotopic (exact) mass is 184 g/mol. The Morgan fingerprint density at radius 2 is 1.91 bits per heavy atom. The van der Waals surface area contributed by atoms with E-state index in [2.05, 4.69) is 6.58 Å². The van der Waals surface area contributed by atoms with Crippen molar-refractivity contribution in [3.63, 3.8) is 0 Å². The van der Waals surface area contributed by atoms with Gasteiger partial charge in [-0.15, -0.1) is 6.58 Å². The molecule has 0 aliphatic carbocycles. The largest absolute Gasteiger partial charge is 0.394 e. The Bertz CT molecular complexity index is 163. The molecule has 0 aromatic heterocycles. The van der Waals surface area contributed by atoms with Crippen LogP contribution >= 0.6 is 0 Å². The van der Waals surface area contributed by atoms with Crippen molar-refractivity contribution in [1.82, 2.24) is 0 Å². The van der Waals surface area contributed by atoms with E-state index >= 15 is 0 Å². The molecule has 2 N–H and O–H groups in total. The molecule has 0 bridgehead atoms. The van der Waals surface area contributed by atoms with E-state index in [1.165, 1.54) is 0 Å². The number of ether oxygens (including phenoxy) is 1. The van der Waals surface area contributed by atoms with E-state index in [-0.39, 0.29) is 0 Å². The van der Waals surface area contributed by atoms with Gasteiger partial charge in [-0.2, -0.15) is 8.42 Å². The van der Waals surface area contributed by atoms with Crippen LogP contribution in [0.1, 0.15) is 6.92 Å².